The van der Waals surface area contributed by atoms with E-state index in [4.69, 9.17) is 16.3 Å². The Balaban J connectivity index is 1.73. The lowest BCUT2D eigenvalue weighted by Gasteiger charge is -2.37. The van der Waals surface area contributed by atoms with Gasteiger partial charge in [-0.3, -0.25) is 9.59 Å². The third-order valence-corrected chi connectivity index (χ3v) is 5.20. The second-order valence-electron chi connectivity index (χ2n) is 6.87. The number of hydrogen-bond donors (Lipinski definition) is 1. The molecule has 0 unspecified atom stereocenters. The molecule has 1 N–H and O–H groups in total. The first-order valence-corrected chi connectivity index (χ1v) is 9.09. The van der Waals surface area contributed by atoms with Gasteiger partial charge in [-0.2, -0.15) is 0 Å². The number of benzene rings is 2. The SMILES string of the molecule is Cc1cc(Cl)cc(C)c1NC(=O)C1(C(=O)OCc2ccccc2)CCC1. The number of carbonyl (C=O) groups is 2. The third kappa shape index (κ3) is 3.61. The maximum atomic E-state index is 12.9. The maximum Gasteiger partial charge on any atom is 0.321 e. The second kappa shape index (κ2) is 7.50. The number of carbonyl (C=O) groups excluding carboxylic acids is 2. The highest BCUT2D eigenvalue weighted by Crippen LogP contribution is 2.43. The molecule has 2 aromatic carbocycles. The van der Waals surface area contributed by atoms with Gasteiger partial charge in [-0.05, 0) is 55.5 Å². The largest absolute Gasteiger partial charge is 0.460 e. The number of anilines is 1. The van der Waals surface area contributed by atoms with Crippen LogP contribution in [0.4, 0.5) is 5.69 Å². The standard InChI is InChI=1S/C21H22ClNO3/c1-14-11-17(22)12-15(2)18(14)23-19(24)21(9-6-10-21)20(25)26-13-16-7-4-3-5-8-16/h3-5,7-8,11-12H,6,9-10,13H2,1-2H3,(H,23,24). The monoisotopic (exact) mass is 371 g/mol. The van der Waals surface area contributed by atoms with Crippen molar-refractivity contribution in [3.8, 4) is 0 Å². The molecule has 1 aliphatic rings. The summed E-state index contributed by atoms with van der Waals surface area (Å²) in [6.45, 7) is 3.94. The van der Waals surface area contributed by atoms with Crippen LogP contribution in [0.1, 0.15) is 36.0 Å². The van der Waals surface area contributed by atoms with Gasteiger partial charge in [0.25, 0.3) is 0 Å². The predicted molar refractivity (Wildman–Crippen MR) is 102 cm³/mol. The molecular formula is C21H22ClNO3. The number of rotatable bonds is 5. The molecule has 5 heteroatoms. The van der Waals surface area contributed by atoms with Crippen molar-refractivity contribution in [2.75, 3.05) is 5.32 Å². The molecule has 2 aromatic rings. The molecule has 0 atom stereocenters. The van der Waals surface area contributed by atoms with E-state index in [1.807, 2.05) is 44.2 Å². The zero-order valence-corrected chi connectivity index (χ0v) is 15.7. The van der Waals surface area contributed by atoms with Crippen LogP contribution in [0, 0.1) is 19.3 Å². The van der Waals surface area contributed by atoms with Crippen LogP contribution in [0.15, 0.2) is 42.5 Å². The van der Waals surface area contributed by atoms with E-state index in [2.05, 4.69) is 5.32 Å². The Hall–Kier alpha value is -2.33. The van der Waals surface area contributed by atoms with Crippen molar-refractivity contribution < 1.29 is 14.3 Å². The fourth-order valence-electron chi connectivity index (χ4n) is 3.26. The van der Waals surface area contributed by atoms with Crippen LogP contribution in [0.25, 0.3) is 0 Å². The summed E-state index contributed by atoms with van der Waals surface area (Å²) in [5, 5.41) is 3.55. The Kier molecular flexibility index (Phi) is 5.33. The predicted octanol–water partition coefficient (Wildman–Crippen LogP) is 4.81. The van der Waals surface area contributed by atoms with Gasteiger partial charge in [-0.25, -0.2) is 0 Å². The normalized spacial score (nSPS) is 15.0. The van der Waals surface area contributed by atoms with E-state index in [1.165, 1.54) is 0 Å². The van der Waals surface area contributed by atoms with Crippen molar-refractivity contribution in [3.05, 3.63) is 64.2 Å². The van der Waals surface area contributed by atoms with E-state index in [0.29, 0.717) is 23.6 Å². The molecule has 0 heterocycles. The second-order valence-corrected chi connectivity index (χ2v) is 7.30. The molecule has 3 rings (SSSR count). The summed E-state index contributed by atoms with van der Waals surface area (Å²) in [6.07, 6.45) is 1.86. The van der Waals surface area contributed by atoms with Gasteiger partial charge in [0.05, 0.1) is 0 Å². The first-order valence-electron chi connectivity index (χ1n) is 8.72. The smallest absolute Gasteiger partial charge is 0.321 e. The number of ether oxygens (including phenoxy) is 1. The Bertz CT molecular complexity index is 805. The van der Waals surface area contributed by atoms with Crippen molar-refractivity contribution in [1.29, 1.82) is 0 Å². The van der Waals surface area contributed by atoms with Crippen molar-refractivity contribution in [1.82, 2.24) is 0 Å². The van der Waals surface area contributed by atoms with Crippen LogP contribution < -0.4 is 5.32 Å². The van der Waals surface area contributed by atoms with Crippen molar-refractivity contribution in [2.24, 2.45) is 5.41 Å². The van der Waals surface area contributed by atoms with E-state index in [9.17, 15) is 9.59 Å². The molecule has 4 nitrogen and oxygen atoms in total. The lowest BCUT2D eigenvalue weighted by atomic mass is 9.68. The molecule has 1 fully saturated rings. The van der Waals surface area contributed by atoms with Crippen molar-refractivity contribution in [2.45, 2.75) is 39.7 Å². The van der Waals surface area contributed by atoms with Crippen molar-refractivity contribution >= 4 is 29.2 Å². The summed E-state index contributed by atoms with van der Waals surface area (Å²) in [7, 11) is 0. The summed E-state index contributed by atoms with van der Waals surface area (Å²) in [6, 6.07) is 13.1. The van der Waals surface area contributed by atoms with Crippen LogP contribution in [0.3, 0.4) is 0 Å². The van der Waals surface area contributed by atoms with Crippen molar-refractivity contribution in [3.63, 3.8) is 0 Å². The lowest BCUT2D eigenvalue weighted by Crippen LogP contribution is -2.49. The number of halogens is 1. The summed E-state index contributed by atoms with van der Waals surface area (Å²) >= 11 is 6.05. The molecule has 0 aromatic heterocycles. The number of amides is 1. The highest BCUT2D eigenvalue weighted by Gasteiger charge is 2.52. The van der Waals surface area contributed by atoms with Crippen LogP contribution in [-0.2, 0) is 20.9 Å². The highest BCUT2D eigenvalue weighted by molar-refractivity contribution is 6.30. The number of hydrogen-bond acceptors (Lipinski definition) is 3. The zero-order chi connectivity index (χ0) is 18.7. The van der Waals surface area contributed by atoms with Gasteiger partial charge in [-0.1, -0.05) is 48.4 Å². The van der Waals surface area contributed by atoms with E-state index in [-0.39, 0.29) is 12.5 Å². The summed E-state index contributed by atoms with van der Waals surface area (Å²) in [5.74, 6) is -0.746. The quantitative estimate of drug-likeness (QED) is 0.606. The average molecular weight is 372 g/mol. The van der Waals surface area contributed by atoms with Crippen LogP contribution >= 0.6 is 11.6 Å². The third-order valence-electron chi connectivity index (χ3n) is 4.98. The van der Waals surface area contributed by atoms with Crippen LogP contribution in [0.2, 0.25) is 5.02 Å². The first kappa shape index (κ1) is 18.5. The molecule has 0 bridgehead atoms. The van der Waals surface area contributed by atoms with Gasteiger partial charge in [-0.15, -0.1) is 0 Å². The summed E-state index contributed by atoms with van der Waals surface area (Å²) in [4.78, 5) is 25.6. The molecule has 0 aliphatic heterocycles. The molecule has 136 valence electrons. The van der Waals surface area contributed by atoms with E-state index in [0.717, 1.165) is 23.1 Å². The molecule has 0 saturated heterocycles. The van der Waals surface area contributed by atoms with Gasteiger partial charge in [0.1, 0.15) is 12.0 Å². The molecule has 0 spiro atoms. The van der Waals surface area contributed by atoms with Gasteiger partial charge >= 0.3 is 5.97 Å². The topological polar surface area (TPSA) is 55.4 Å². The number of aryl methyl sites for hydroxylation is 2. The van der Waals surface area contributed by atoms with Gasteiger partial charge in [0.2, 0.25) is 5.91 Å². The van der Waals surface area contributed by atoms with E-state index < -0.39 is 11.4 Å². The van der Waals surface area contributed by atoms with E-state index >= 15 is 0 Å². The molecule has 1 amide bonds. The van der Waals surface area contributed by atoms with Gasteiger partial charge in [0.15, 0.2) is 0 Å². The molecule has 26 heavy (non-hydrogen) atoms. The molecule has 1 saturated carbocycles. The fraction of sp³-hybridized carbons (Fsp3) is 0.333. The summed E-state index contributed by atoms with van der Waals surface area (Å²) < 4.78 is 5.45. The van der Waals surface area contributed by atoms with Crippen LogP contribution in [0.5, 0.6) is 0 Å². The number of nitrogens with one attached hydrogen (secondary N) is 1. The molecule has 1 aliphatic carbocycles. The Morgan fingerprint density at radius 3 is 2.27 bits per heavy atom. The zero-order valence-electron chi connectivity index (χ0n) is 15.0. The fourth-order valence-corrected chi connectivity index (χ4v) is 3.58. The van der Waals surface area contributed by atoms with E-state index in [1.54, 1.807) is 12.1 Å². The van der Waals surface area contributed by atoms with Crippen LogP contribution in [-0.4, -0.2) is 11.9 Å². The minimum Gasteiger partial charge on any atom is -0.460 e. The van der Waals surface area contributed by atoms with Gasteiger partial charge in [0, 0.05) is 10.7 Å². The molecular weight excluding hydrogens is 350 g/mol. The minimum atomic E-state index is -1.09. The first-order chi connectivity index (χ1) is 12.4. The highest BCUT2D eigenvalue weighted by atomic mass is 35.5. The maximum absolute atomic E-state index is 12.9. The number of esters is 1. The Morgan fingerprint density at radius 2 is 1.73 bits per heavy atom. The lowest BCUT2D eigenvalue weighted by molar-refractivity contribution is -0.166. The minimum absolute atomic E-state index is 0.174. The average Bonchev–Trinajstić information content (AvgIpc) is 2.56. The Morgan fingerprint density at radius 1 is 1.12 bits per heavy atom. The van der Waals surface area contributed by atoms with Gasteiger partial charge < -0.3 is 10.1 Å². The Labute approximate surface area is 158 Å². The summed E-state index contributed by atoms with van der Waals surface area (Å²) in [5.41, 5.74) is 2.26. The molecule has 0 radical (unpaired) electrons.